The van der Waals surface area contributed by atoms with Crippen LogP contribution in [0.5, 0.6) is 23.0 Å². The molecule has 42 heavy (non-hydrogen) atoms. The van der Waals surface area contributed by atoms with Crippen LogP contribution in [-0.4, -0.2) is 102 Å². The van der Waals surface area contributed by atoms with Gasteiger partial charge in [0.1, 0.15) is 11.4 Å². The minimum absolute atomic E-state index is 0.138. The van der Waals surface area contributed by atoms with Crippen molar-refractivity contribution in [1.82, 2.24) is 24.6 Å². The van der Waals surface area contributed by atoms with Crippen LogP contribution in [0.1, 0.15) is 32.1 Å². The van der Waals surface area contributed by atoms with Gasteiger partial charge in [0, 0.05) is 65.4 Å². The van der Waals surface area contributed by atoms with Crippen LogP contribution in [0.25, 0.3) is 0 Å². The van der Waals surface area contributed by atoms with Gasteiger partial charge in [-0.1, -0.05) is 18.2 Å². The maximum absolute atomic E-state index is 13.3. The van der Waals surface area contributed by atoms with Gasteiger partial charge in [-0.05, 0) is 47.5 Å². The Labute approximate surface area is 244 Å². The van der Waals surface area contributed by atoms with E-state index in [4.69, 9.17) is 18.9 Å². The van der Waals surface area contributed by atoms with Crippen molar-refractivity contribution in [2.24, 2.45) is 0 Å². The molecule has 0 radical (unpaired) electrons. The van der Waals surface area contributed by atoms with Gasteiger partial charge < -0.3 is 28.7 Å². The molecule has 0 aliphatic carbocycles. The zero-order valence-corrected chi connectivity index (χ0v) is 23.4. The van der Waals surface area contributed by atoms with Crippen LogP contribution < -0.4 is 18.9 Å². The Morgan fingerprint density at radius 3 is 1.45 bits per heavy atom. The molecule has 1 aromatic heterocycles. The van der Waals surface area contributed by atoms with Gasteiger partial charge in [-0.2, -0.15) is 0 Å². The third-order valence-corrected chi connectivity index (χ3v) is 8.19. The molecule has 2 amide bonds. The summed E-state index contributed by atoms with van der Waals surface area (Å²) in [6.45, 7) is 7.55. The molecule has 0 N–H and O–H groups in total. The van der Waals surface area contributed by atoms with E-state index in [0.717, 1.165) is 73.4 Å². The van der Waals surface area contributed by atoms with E-state index in [1.165, 1.54) is 0 Å². The van der Waals surface area contributed by atoms with E-state index in [-0.39, 0.29) is 25.4 Å². The number of pyridine rings is 1. The molecule has 3 aromatic rings. The Balaban J connectivity index is 0.906. The van der Waals surface area contributed by atoms with Crippen LogP contribution in [0.4, 0.5) is 0 Å². The molecule has 0 bridgehead atoms. The molecular formula is C31H33N5O6. The van der Waals surface area contributed by atoms with Crippen LogP contribution in [0.3, 0.4) is 0 Å². The molecule has 0 atom stereocenters. The maximum atomic E-state index is 13.3. The lowest BCUT2D eigenvalue weighted by Gasteiger charge is -2.35. The van der Waals surface area contributed by atoms with Gasteiger partial charge in [0.15, 0.2) is 23.0 Å². The predicted molar refractivity (Wildman–Crippen MR) is 152 cm³/mol. The van der Waals surface area contributed by atoms with Crippen molar-refractivity contribution in [3.8, 4) is 23.0 Å². The van der Waals surface area contributed by atoms with Gasteiger partial charge >= 0.3 is 0 Å². The van der Waals surface area contributed by atoms with Crippen molar-refractivity contribution in [2.45, 2.75) is 13.1 Å². The number of carbonyl (C=O) groups is 2. The molecule has 4 aliphatic rings. The Kier molecular flexibility index (Phi) is 7.27. The summed E-state index contributed by atoms with van der Waals surface area (Å²) in [7, 11) is 0. The van der Waals surface area contributed by atoms with Gasteiger partial charge in [-0.15, -0.1) is 0 Å². The number of hydrogen-bond acceptors (Lipinski definition) is 9. The molecular weight excluding hydrogens is 538 g/mol. The molecule has 218 valence electrons. The summed E-state index contributed by atoms with van der Waals surface area (Å²) >= 11 is 0. The van der Waals surface area contributed by atoms with Gasteiger partial charge in [0.2, 0.25) is 13.6 Å². The number of piperazine rings is 2. The molecule has 0 spiro atoms. The van der Waals surface area contributed by atoms with Gasteiger partial charge in [-0.25, -0.2) is 4.98 Å². The lowest BCUT2D eigenvalue weighted by molar-refractivity contribution is 0.0614. The highest BCUT2D eigenvalue weighted by Gasteiger charge is 2.27. The molecule has 11 nitrogen and oxygen atoms in total. The van der Waals surface area contributed by atoms with Crippen molar-refractivity contribution < 1.29 is 28.5 Å². The number of amides is 2. The number of hydrogen-bond donors (Lipinski definition) is 0. The lowest BCUT2D eigenvalue weighted by Crippen LogP contribution is -2.49. The Hall–Kier alpha value is -4.35. The van der Waals surface area contributed by atoms with Gasteiger partial charge in [0.25, 0.3) is 11.8 Å². The monoisotopic (exact) mass is 571 g/mol. The van der Waals surface area contributed by atoms with E-state index >= 15 is 0 Å². The van der Waals surface area contributed by atoms with Crippen molar-refractivity contribution >= 4 is 11.8 Å². The third kappa shape index (κ3) is 5.57. The highest BCUT2D eigenvalue weighted by Crippen LogP contribution is 2.34. The van der Waals surface area contributed by atoms with Crippen LogP contribution >= 0.6 is 0 Å². The summed E-state index contributed by atoms with van der Waals surface area (Å²) in [5.41, 5.74) is 2.93. The Morgan fingerprint density at radius 1 is 0.571 bits per heavy atom. The van der Waals surface area contributed by atoms with E-state index in [2.05, 4.69) is 26.9 Å². The highest BCUT2D eigenvalue weighted by molar-refractivity contribution is 5.96. The summed E-state index contributed by atoms with van der Waals surface area (Å²) in [6, 6.07) is 17.2. The summed E-state index contributed by atoms with van der Waals surface area (Å²) in [5.74, 6) is 2.85. The molecule has 2 fully saturated rings. The SMILES string of the molecule is O=C(c1cccc(C(=O)N2CCN(Cc3ccc4c(c3)OCO4)CC2)n1)N1CCN(Cc2ccc3c(c2)OCO3)CC1. The number of ether oxygens (including phenoxy) is 4. The second kappa shape index (κ2) is 11.5. The van der Waals surface area contributed by atoms with Crippen molar-refractivity contribution in [1.29, 1.82) is 0 Å². The van der Waals surface area contributed by atoms with Gasteiger partial charge in [0.05, 0.1) is 0 Å². The fraction of sp³-hybridized carbons (Fsp3) is 0.387. The van der Waals surface area contributed by atoms with Crippen molar-refractivity contribution in [2.75, 3.05) is 65.9 Å². The average molecular weight is 572 g/mol. The maximum Gasteiger partial charge on any atom is 0.272 e. The molecule has 7 rings (SSSR count). The van der Waals surface area contributed by atoms with E-state index in [1.807, 2.05) is 34.1 Å². The molecule has 0 saturated carbocycles. The molecule has 0 unspecified atom stereocenters. The second-order valence-electron chi connectivity index (χ2n) is 10.9. The quantitative estimate of drug-likeness (QED) is 0.442. The summed E-state index contributed by atoms with van der Waals surface area (Å²) in [5, 5.41) is 0. The second-order valence-corrected chi connectivity index (χ2v) is 10.9. The van der Waals surface area contributed by atoms with Crippen LogP contribution in [0.2, 0.25) is 0 Å². The number of rotatable bonds is 6. The Bertz CT molecular complexity index is 1380. The first-order chi connectivity index (χ1) is 20.6. The fourth-order valence-corrected chi connectivity index (χ4v) is 5.81. The third-order valence-electron chi connectivity index (χ3n) is 8.19. The minimum Gasteiger partial charge on any atom is -0.454 e. The largest absolute Gasteiger partial charge is 0.454 e. The van der Waals surface area contributed by atoms with Crippen molar-refractivity contribution in [3.05, 3.63) is 77.1 Å². The molecule has 4 aliphatic heterocycles. The highest BCUT2D eigenvalue weighted by atomic mass is 16.7. The smallest absolute Gasteiger partial charge is 0.272 e. The molecule has 2 saturated heterocycles. The Morgan fingerprint density at radius 2 is 1.00 bits per heavy atom. The van der Waals surface area contributed by atoms with E-state index < -0.39 is 0 Å². The van der Waals surface area contributed by atoms with Crippen LogP contribution in [0.15, 0.2) is 54.6 Å². The van der Waals surface area contributed by atoms with Crippen LogP contribution in [0, 0.1) is 0 Å². The van der Waals surface area contributed by atoms with E-state index in [1.54, 1.807) is 18.2 Å². The molecule has 2 aromatic carbocycles. The van der Waals surface area contributed by atoms with E-state index in [0.29, 0.717) is 37.6 Å². The number of benzene rings is 2. The first-order valence-electron chi connectivity index (χ1n) is 14.4. The fourth-order valence-electron chi connectivity index (χ4n) is 5.81. The van der Waals surface area contributed by atoms with Crippen molar-refractivity contribution in [3.63, 3.8) is 0 Å². The molecule has 11 heteroatoms. The first-order valence-corrected chi connectivity index (χ1v) is 14.4. The minimum atomic E-state index is -0.138. The van der Waals surface area contributed by atoms with Gasteiger partial charge in [-0.3, -0.25) is 19.4 Å². The lowest BCUT2D eigenvalue weighted by atomic mass is 10.1. The zero-order chi connectivity index (χ0) is 28.5. The molecule has 5 heterocycles. The number of fused-ring (bicyclic) bond motifs is 2. The van der Waals surface area contributed by atoms with Crippen LogP contribution in [-0.2, 0) is 13.1 Å². The zero-order valence-electron chi connectivity index (χ0n) is 23.4. The first kappa shape index (κ1) is 26.5. The standard InChI is InChI=1S/C31H33N5O6/c37-30(35-12-8-33(9-13-35)18-22-4-6-26-28(16-22)41-20-39-26)24-2-1-3-25(32-24)31(38)36-14-10-34(11-15-36)19-23-5-7-27-29(17-23)42-21-40-27/h1-7,16-17H,8-15,18-21H2. The number of nitrogens with zero attached hydrogens (tertiary/aromatic N) is 5. The number of carbonyl (C=O) groups excluding carboxylic acids is 2. The summed E-state index contributed by atoms with van der Waals surface area (Å²) in [6.07, 6.45) is 0. The average Bonchev–Trinajstić information content (AvgIpc) is 3.70. The summed E-state index contributed by atoms with van der Waals surface area (Å²) in [4.78, 5) is 39.4. The topological polar surface area (TPSA) is 96.9 Å². The predicted octanol–water partition coefficient (Wildman–Crippen LogP) is 2.46. The summed E-state index contributed by atoms with van der Waals surface area (Å²) < 4.78 is 21.8. The number of aromatic nitrogens is 1. The van der Waals surface area contributed by atoms with E-state index in [9.17, 15) is 9.59 Å². The normalized spacial score (nSPS) is 18.4.